The fourth-order valence-corrected chi connectivity index (χ4v) is 1.23. The molecule has 1 aromatic carbocycles. The van der Waals surface area contributed by atoms with Gasteiger partial charge in [0.1, 0.15) is 0 Å². The van der Waals surface area contributed by atoms with Crippen LogP contribution in [0, 0.1) is 0 Å². The Morgan fingerprint density at radius 3 is 2.17 bits per heavy atom. The molecular weight excluding hydrogens is 201 g/mol. The van der Waals surface area contributed by atoms with Gasteiger partial charge in [-0.2, -0.15) is 0 Å². The van der Waals surface area contributed by atoms with E-state index in [0.717, 1.165) is 6.21 Å². The van der Waals surface area contributed by atoms with Crippen molar-refractivity contribution in [3.8, 4) is 5.75 Å². The van der Waals surface area contributed by atoms with Gasteiger partial charge in [-0.3, -0.25) is 0 Å². The van der Waals surface area contributed by atoms with Gasteiger partial charge >= 0.3 is 0 Å². The highest BCUT2D eigenvalue weighted by Crippen LogP contribution is 2.32. The predicted molar refractivity (Wildman–Crippen MR) is 47.5 cm³/mol. The molecule has 0 saturated carbocycles. The van der Waals surface area contributed by atoms with E-state index in [0.29, 0.717) is 5.56 Å². The lowest BCUT2D eigenvalue weighted by Gasteiger charge is -2.00. The molecule has 3 nitrogen and oxygen atoms in total. The minimum Gasteiger partial charge on any atom is -0.505 e. The minimum atomic E-state index is -0.173. The van der Waals surface area contributed by atoms with E-state index in [1.54, 1.807) is 0 Å². The first-order valence-corrected chi connectivity index (χ1v) is 3.76. The van der Waals surface area contributed by atoms with Crippen molar-refractivity contribution in [1.29, 1.82) is 0 Å². The maximum Gasteiger partial charge on any atom is 0.152 e. The average molecular weight is 206 g/mol. The number of phenolic OH excluding ortho intramolecular Hbond substituents is 1. The first kappa shape index (κ1) is 9.16. The van der Waals surface area contributed by atoms with Crippen LogP contribution in [0.15, 0.2) is 17.3 Å². The Morgan fingerprint density at radius 1 is 1.25 bits per heavy atom. The highest BCUT2D eigenvalue weighted by molar-refractivity contribution is 6.37. The van der Waals surface area contributed by atoms with Gasteiger partial charge in [0.15, 0.2) is 5.75 Å². The molecule has 0 heterocycles. The Morgan fingerprint density at radius 2 is 1.75 bits per heavy atom. The van der Waals surface area contributed by atoms with E-state index in [1.807, 2.05) is 0 Å². The topological polar surface area (TPSA) is 52.8 Å². The standard InChI is InChI=1S/C7H5Cl2NO2/c8-5-1-4(3-10-12)2-6(9)7(5)11/h1-3,11-12H. The van der Waals surface area contributed by atoms with Crippen molar-refractivity contribution in [2.45, 2.75) is 0 Å². The molecule has 5 heteroatoms. The van der Waals surface area contributed by atoms with Crippen LogP contribution in [0.5, 0.6) is 5.75 Å². The number of rotatable bonds is 1. The summed E-state index contributed by atoms with van der Waals surface area (Å²) in [6.45, 7) is 0. The van der Waals surface area contributed by atoms with Crippen LogP contribution >= 0.6 is 23.2 Å². The highest BCUT2D eigenvalue weighted by atomic mass is 35.5. The first-order valence-electron chi connectivity index (χ1n) is 3.00. The summed E-state index contributed by atoms with van der Waals surface area (Å²) in [4.78, 5) is 0. The lowest BCUT2D eigenvalue weighted by atomic mass is 10.2. The largest absolute Gasteiger partial charge is 0.505 e. The molecule has 64 valence electrons. The van der Waals surface area contributed by atoms with Gasteiger partial charge in [0, 0.05) is 0 Å². The van der Waals surface area contributed by atoms with Gasteiger partial charge in [-0.25, -0.2) is 0 Å². The molecule has 12 heavy (non-hydrogen) atoms. The fraction of sp³-hybridized carbons (Fsp3) is 0. The van der Waals surface area contributed by atoms with Gasteiger partial charge in [0.25, 0.3) is 0 Å². The van der Waals surface area contributed by atoms with E-state index in [9.17, 15) is 0 Å². The second-order valence-electron chi connectivity index (χ2n) is 2.08. The summed E-state index contributed by atoms with van der Waals surface area (Å²) in [5.41, 5.74) is 0.519. The van der Waals surface area contributed by atoms with Gasteiger partial charge in [-0.15, -0.1) is 0 Å². The number of benzene rings is 1. The lowest BCUT2D eigenvalue weighted by Crippen LogP contribution is -1.82. The lowest BCUT2D eigenvalue weighted by molar-refractivity contribution is 0.322. The van der Waals surface area contributed by atoms with Crippen molar-refractivity contribution in [1.82, 2.24) is 0 Å². The number of phenols is 1. The van der Waals surface area contributed by atoms with E-state index in [2.05, 4.69) is 5.16 Å². The molecule has 0 aliphatic carbocycles. The van der Waals surface area contributed by atoms with Crippen LogP contribution in [-0.4, -0.2) is 16.5 Å². The van der Waals surface area contributed by atoms with Crippen molar-refractivity contribution in [2.75, 3.05) is 0 Å². The summed E-state index contributed by atoms with van der Waals surface area (Å²) in [5.74, 6) is -0.173. The Hall–Kier alpha value is -0.930. The maximum absolute atomic E-state index is 9.13. The molecule has 0 bridgehead atoms. The van der Waals surface area contributed by atoms with Gasteiger partial charge in [-0.1, -0.05) is 28.4 Å². The predicted octanol–water partition coefficient (Wildman–Crippen LogP) is 2.51. The Kier molecular flexibility index (Phi) is 2.78. The Bertz CT molecular complexity index is 302. The fourth-order valence-electron chi connectivity index (χ4n) is 0.726. The third-order valence-electron chi connectivity index (χ3n) is 1.25. The smallest absolute Gasteiger partial charge is 0.152 e. The zero-order valence-corrected chi connectivity index (χ0v) is 7.34. The zero-order valence-electron chi connectivity index (χ0n) is 5.83. The van der Waals surface area contributed by atoms with Crippen molar-refractivity contribution < 1.29 is 10.3 Å². The third kappa shape index (κ3) is 1.81. The number of hydrogen-bond donors (Lipinski definition) is 2. The van der Waals surface area contributed by atoms with Crippen molar-refractivity contribution in [3.05, 3.63) is 27.7 Å². The molecule has 2 N–H and O–H groups in total. The molecule has 0 saturated heterocycles. The molecular formula is C7H5Cl2NO2. The molecule has 0 fully saturated rings. The third-order valence-corrected chi connectivity index (χ3v) is 1.82. The number of halogens is 2. The van der Waals surface area contributed by atoms with Crippen LogP contribution in [-0.2, 0) is 0 Å². The van der Waals surface area contributed by atoms with Crippen molar-refractivity contribution in [2.24, 2.45) is 5.16 Å². The van der Waals surface area contributed by atoms with E-state index >= 15 is 0 Å². The molecule has 0 aromatic heterocycles. The van der Waals surface area contributed by atoms with Gasteiger partial charge in [0.05, 0.1) is 16.3 Å². The zero-order chi connectivity index (χ0) is 9.14. The SMILES string of the molecule is ON=Cc1cc(Cl)c(O)c(Cl)c1. The summed E-state index contributed by atoms with van der Waals surface area (Å²) in [5, 5.41) is 20.4. The van der Waals surface area contributed by atoms with Crippen LogP contribution < -0.4 is 0 Å². The van der Waals surface area contributed by atoms with Crippen LogP contribution in [0.3, 0.4) is 0 Å². The number of oxime groups is 1. The summed E-state index contributed by atoms with van der Waals surface area (Å²) in [6, 6.07) is 2.87. The second-order valence-corrected chi connectivity index (χ2v) is 2.89. The quantitative estimate of drug-likeness (QED) is 0.421. The molecule has 0 unspecified atom stereocenters. The van der Waals surface area contributed by atoms with E-state index in [4.69, 9.17) is 33.5 Å². The van der Waals surface area contributed by atoms with Crippen molar-refractivity contribution >= 4 is 29.4 Å². The molecule has 0 atom stereocenters. The number of aromatic hydroxyl groups is 1. The van der Waals surface area contributed by atoms with Crippen LogP contribution in [0.2, 0.25) is 10.0 Å². The summed E-state index contributed by atoms with van der Waals surface area (Å²) in [6.07, 6.45) is 1.16. The molecule has 0 spiro atoms. The second kappa shape index (κ2) is 3.65. The summed E-state index contributed by atoms with van der Waals surface area (Å²) in [7, 11) is 0. The maximum atomic E-state index is 9.13. The van der Waals surface area contributed by atoms with E-state index < -0.39 is 0 Å². The molecule has 0 amide bonds. The Labute approximate surface area is 78.8 Å². The van der Waals surface area contributed by atoms with Gasteiger partial charge in [0.2, 0.25) is 0 Å². The van der Waals surface area contributed by atoms with Crippen molar-refractivity contribution in [3.63, 3.8) is 0 Å². The molecule has 0 aliphatic rings. The van der Waals surface area contributed by atoms with Gasteiger partial charge < -0.3 is 10.3 Å². The Balaban J connectivity index is 3.21. The van der Waals surface area contributed by atoms with E-state index in [1.165, 1.54) is 12.1 Å². The molecule has 0 aliphatic heterocycles. The molecule has 0 radical (unpaired) electrons. The van der Waals surface area contributed by atoms with E-state index in [-0.39, 0.29) is 15.8 Å². The monoisotopic (exact) mass is 205 g/mol. The number of hydrogen-bond acceptors (Lipinski definition) is 3. The van der Waals surface area contributed by atoms with Crippen LogP contribution in [0.25, 0.3) is 0 Å². The normalized spacial score (nSPS) is 10.8. The van der Waals surface area contributed by atoms with Crippen LogP contribution in [0.1, 0.15) is 5.56 Å². The summed E-state index contributed by atoms with van der Waals surface area (Å²) < 4.78 is 0. The van der Waals surface area contributed by atoms with Crippen LogP contribution in [0.4, 0.5) is 0 Å². The number of nitrogens with zero attached hydrogens (tertiary/aromatic N) is 1. The minimum absolute atomic E-state index is 0.123. The summed E-state index contributed by atoms with van der Waals surface area (Å²) >= 11 is 11.2. The highest BCUT2D eigenvalue weighted by Gasteiger charge is 2.04. The first-order chi connectivity index (χ1) is 5.65. The molecule has 1 rings (SSSR count). The van der Waals surface area contributed by atoms with Gasteiger partial charge in [-0.05, 0) is 17.7 Å². The average Bonchev–Trinajstić information content (AvgIpc) is 2.01. The molecule has 1 aromatic rings.